The molecule has 1 atom stereocenters. The minimum Gasteiger partial charge on any atom is -0.394 e. The average molecular weight is 398 g/mol. The second-order valence-corrected chi connectivity index (χ2v) is 7.27. The van der Waals surface area contributed by atoms with Crippen LogP contribution in [0, 0.1) is 5.92 Å². The highest BCUT2D eigenvalue weighted by Gasteiger charge is 2.15. The third kappa shape index (κ3) is 5.41. The van der Waals surface area contributed by atoms with Crippen LogP contribution in [0.15, 0.2) is 54.7 Å². The van der Waals surface area contributed by atoms with Crippen LogP contribution in [0.5, 0.6) is 0 Å². The lowest BCUT2D eigenvalue weighted by Gasteiger charge is -2.20. The van der Waals surface area contributed by atoms with Crippen molar-refractivity contribution in [2.24, 2.45) is 5.92 Å². The van der Waals surface area contributed by atoms with Crippen molar-refractivity contribution in [2.45, 2.75) is 26.4 Å². The van der Waals surface area contributed by atoms with E-state index < -0.39 is 0 Å². The summed E-state index contributed by atoms with van der Waals surface area (Å²) in [4.78, 5) is 13.5. The molecule has 3 aromatic rings. The van der Waals surface area contributed by atoms with Gasteiger partial charge in [-0.1, -0.05) is 43.6 Å². The van der Waals surface area contributed by atoms with Crippen LogP contribution in [-0.4, -0.2) is 32.7 Å². The monoisotopic (exact) mass is 397 g/mol. The summed E-state index contributed by atoms with van der Waals surface area (Å²) in [5, 5.41) is 16.9. The molecule has 1 aromatic carbocycles. The fourth-order valence-electron chi connectivity index (χ4n) is 2.68. The van der Waals surface area contributed by atoms with Crippen LogP contribution in [0.4, 0.5) is 11.8 Å². The van der Waals surface area contributed by atoms with Crippen molar-refractivity contribution in [3.8, 4) is 11.4 Å². The molecule has 0 amide bonds. The highest BCUT2D eigenvalue weighted by atomic mass is 35.5. The first-order chi connectivity index (χ1) is 13.5. The second kappa shape index (κ2) is 9.48. The van der Waals surface area contributed by atoms with Crippen LogP contribution in [-0.2, 0) is 6.54 Å². The zero-order valence-corrected chi connectivity index (χ0v) is 16.7. The number of benzene rings is 1. The van der Waals surface area contributed by atoms with Gasteiger partial charge in [-0.25, -0.2) is 4.98 Å². The maximum absolute atomic E-state index is 9.63. The van der Waals surface area contributed by atoms with Gasteiger partial charge in [-0.2, -0.15) is 4.98 Å². The summed E-state index contributed by atoms with van der Waals surface area (Å²) in [5.41, 5.74) is 2.51. The van der Waals surface area contributed by atoms with Gasteiger partial charge < -0.3 is 15.7 Å². The fraction of sp³-hybridized carbons (Fsp3) is 0.286. The normalized spacial score (nSPS) is 12.0. The molecular weight excluding hydrogens is 374 g/mol. The number of aliphatic hydroxyl groups is 1. The van der Waals surface area contributed by atoms with Crippen LogP contribution >= 0.6 is 11.6 Å². The number of nitrogens with zero attached hydrogens (tertiary/aromatic N) is 3. The quantitative estimate of drug-likeness (QED) is 0.527. The molecule has 0 fully saturated rings. The molecular formula is C21H24ClN5O. The maximum Gasteiger partial charge on any atom is 0.225 e. The first-order valence-corrected chi connectivity index (χ1v) is 9.59. The molecule has 0 saturated heterocycles. The van der Waals surface area contributed by atoms with Gasteiger partial charge in [0.25, 0.3) is 0 Å². The van der Waals surface area contributed by atoms with E-state index in [2.05, 4.69) is 25.6 Å². The first-order valence-electron chi connectivity index (χ1n) is 9.21. The minimum atomic E-state index is -0.139. The molecule has 3 N–H and O–H groups in total. The summed E-state index contributed by atoms with van der Waals surface area (Å²) in [6.07, 6.45) is 1.73. The van der Waals surface area contributed by atoms with E-state index >= 15 is 0 Å². The molecule has 28 heavy (non-hydrogen) atoms. The largest absolute Gasteiger partial charge is 0.394 e. The predicted octanol–water partition coefficient (Wildman–Crippen LogP) is 4.23. The topological polar surface area (TPSA) is 83.0 Å². The summed E-state index contributed by atoms with van der Waals surface area (Å²) in [7, 11) is 0. The van der Waals surface area contributed by atoms with Gasteiger partial charge in [0.1, 0.15) is 5.82 Å². The van der Waals surface area contributed by atoms with Crippen LogP contribution in [0.3, 0.4) is 0 Å². The zero-order chi connectivity index (χ0) is 19.9. The van der Waals surface area contributed by atoms with Crippen LogP contribution in [0.1, 0.15) is 19.4 Å². The van der Waals surface area contributed by atoms with Gasteiger partial charge in [-0.3, -0.25) is 4.98 Å². The predicted molar refractivity (Wildman–Crippen MR) is 113 cm³/mol. The molecule has 0 aliphatic heterocycles. The zero-order valence-electron chi connectivity index (χ0n) is 15.9. The lowest BCUT2D eigenvalue weighted by atomic mass is 10.1. The van der Waals surface area contributed by atoms with Gasteiger partial charge in [0.05, 0.1) is 24.0 Å². The van der Waals surface area contributed by atoms with Crippen molar-refractivity contribution in [1.29, 1.82) is 0 Å². The Hall–Kier alpha value is -2.70. The highest BCUT2D eigenvalue weighted by Crippen LogP contribution is 2.21. The molecule has 6 nitrogen and oxygen atoms in total. The van der Waals surface area contributed by atoms with Crippen molar-refractivity contribution in [3.05, 3.63) is 65.3 Å². The standard InChI is InChI=1S/C21H24ClN5O/c1-14(2)19(13-28)26-21-25-18(17-8-3-4-9-23-17)11-20(27-21)24-12-15-6-5-7-16(22)10-15/h3-11,14,19,28H,12-13H2,1-2H3,(H2,24,25,26,27)/t19-/m1/s1. The molecule has 0 aliphatic carbocycles. The molecule has 0 aliphatic rings. The van der Waals surface area contributed by atoms with Gasteiger partial charge in [-0.15, -0.1) is 0 Å². The Labute approximate surface area is 170 Å². The summed E-state index contributed by atoms with van der Waals surface area (Å²) < 4.78 is 0. The van der Waals surface area contributed by atoms with E-state index in [9.17, 15) is 5.11 Å². The molecule has 0 radical (unpaired) electrons. The third-order valence-corrected chi connectivity index (χ3v) is 4.57. The van der Waals surface area contributed by atoms with Gasteiger partial charge >= 0.3 is 0 Å². The lowest BCUT2D eigenvalue weighted by Crippen LogP contribution is -2.30. The summed E-state index contributed by atoms with van der Waals surface area (Å²) in [6.45, 7) is 4.65. The van der Waals surface area contributed by atoms with E-state index in [1.54, 1.807) is 6.20 Å². The molecule has 2 aromatic heterocycles. The molecule has 2 heterocycles. The van der Waals surface area contributed by atoms with Gasteiger partial charge in [0.2, 0.25) is 5.95 Å². The molecule has 146 valence electrons. The number of nitrogens with one attached hydrogen (secondary N) is 2. The third-order valence-electron chi connectivity index (χ3n) is 4.33. The number of pyridine rings is 1. The van der Waals surface area contributed by atoms with E-state index in [0.717, 1.165) is 11.3 Å². The van der Waals surface area contributed by atoms with E-state index in [-0.39, 0.29) is 18.6 Å². The summed E-state index contributed by atoms with van der Waals surface area (Å²) >= 11 is 6.06. The van der Waals surface area contributed by atoms with Crippen LogP contribution in [0.2, 0.25) is 5.02 Å². The summed E-state index contributed by atoms with van der Waals surface area (Å²) in [6, 6.07) is 15.1. The van der Waals surface area contributed by atoms with Crippen molar-refractivity contribution in [2.75, 3.05) is 17.2 Å². The van der Waals surface area contributed by atoms with Gasteiger partial charge in [0, 0.05) is 23.8 Å². The van der Waals surface area contributed by atoms with Crippen LogP contribution < -0.4 is 10.6 Å². The Balaban J connectivity index is 1.88. The Kier molecular flexibility index (Phi) is 6.79. The molecule has 7 heteroatoms. The number of hydrogen-bond acceptors (Lipinski definition) is 6. The molecule has 0 saturated carbocycles. The van der Waals surface area contributed by atoms with Crippen molar-refractivity contribution in [1.82, 2.24) is 15.0 Å². The molecule has 0 spiro atoms. The number of rotatable bonds is 8. The van der Waals surface area contributed by atoms with Gasteiger partial charge in [-0.05, 0) is 35.7 Å². The second-order valence-electron chi connectivity index (χ2n) is 6.84. The van der Waals surface area contributed by atoms with Crippen molar-refractivity contribution in [3.63, 3.8) is 0 Å². The van der Waals surface area contributed by atoms with Crippen molar-refractivity contribution < 1.29 is 5.11 Å². The van der Waals surface area contributed by atoms with E-state index in [1.807, 2.05) is 62.4 Å². The van der Waals surface area contributed by atoms with E-state index in [0.29, 0.717) is 29.0 Å². The number of aromatic nitrogens is 3. The molecule has 3 rings (SSSR count). The average Bonchev–Trinajstić information content (AvgIpc) is 2.71. The van der Waals surface area contributed by atoms with E-state index in [4.69, 9.17) is 11.6 Å². The Morgan fingerprint density at radius 3 is 2.57 bits per heavy atom. The molecule has 0 bridgehead atoms. The number of hydrogen-bond donors (Lipinski definition) is 3. The number of halogens is 1. The SMILES string of the molecule is CC(C)[C@@H](CO)Nc1nc(NCc2cccc(Cl)c2)cc(-c2ccccn2)n1. The Bertz CT molecular complexity index is 904. The number of aliphatic hydroxyl groups excluding tert-OH is 1. The Morgan fingerprint density at radius 2 is 1.89 bits per heavy atom. The van der Waals surface area contributed by atoms with E-state index in [1.165, 1.54) is 0 Å². The highest BCUT2D eigenvalue weighted by molar-refractivity contribution is 6.30. The smallest absolute Gasteiger partial charge is 0.225 e. The van der Waals surface area contributed by atoms with Gasteiger partial charge in [0.15, 0.2) is 0 Å². The van der Waals surface area contributed by atoms with Crippen molar-refractivity contribution >= 4 is 23.4 Å². The first kappa shape index (κ1) is 20.0. The minimum absolute atomic E-state index is 0.000117. The number of anilines is 2. The summed E-state index contributed by atoms with van der Waals surface area (Å²) in [5.74, 6) is 1.35. The maximum atomic E-state index is 9.63. The lowest BCUT2D eigenvalue weighted by molar-refractivity contribution is 0.248. The molecule has 0 unspecified atom stereocenters. The van der Waals surface area contributed by atoms with Crippen LogP contribution in [0.25, 0.3) is 11.4 Å². The Morgan fingerprint density at radius 1 is 1.04 bits per heavy atom. The fourth-order valence-corrected chi connectivity index (χ4v) is 2.89.